The van der Waals surface area contributed by atoms with E-state index in [0.717, 1.165) is 16.3 Å². The van der Waals surface area contributed by atoms with Crippen molar-refractivity contribution in [1.29, 1.82) is 0 Å². The highest BCUT2D eigenvalue weighted by Crippen LogP contribution is 2.39. The zero-order valence-corrected chi connectivity index (χ0v) is 21.2. The number of halogens is 4. The Morgan fingerprint density at radius 2 is 1.95 bits per heavy atom. The van der Waals surface area contributed by atoms with Gasteiger partial charge in [-0.2, -0.15) is 18.3 Å². The van der Waals surface area contributed by atoms with Gasteiger partial charge in [-0.05, 0) is 38.5 Å². The second-order valence-corrected chi connectivity index (χ2v) is 9.30. The van der Waals surface area contributed by atoms with Crippen LogP contribution in [0.3, 0.4) is 0 Å². The van der Waals surface area contributed by atoms with E-state index >= 15 is 0 Å². The van der Waals surface area contributed by atoms with Crippen LogP contribution in [0.25, 0.3) is 5.69 Å². The zero-order valence-electron chi connectivity index (χ0n) is 20.4. The van der Waals surface area contributed by atoms with Gasteiger partial charge >= 0.3 is 6.18 Å². The molecule has 3 N–H and O–H groups in total. The fourth-order valence-corrected chi connectivity index (χ4v) is 4.53. The smallest absolute Gasteiger partial charge is 0.389 e. The molecule has 0 spiro atoms. The second kappa shape index (κ2) is 11.1. The van der Waals surface area contributed by atoms with Gasteiger partial charge in [0.2, 0.25) is 0 Å². The van der Waals surface area contributed by atoms with Gasteiger partial charge < -0.3 is 25.1 Å². The Kier molecular flexibility index (Phi) is 8.22. The number of aliphatic hydroxyl groups is 1. The summed E-state index contributed by atoms with van der Waals surface area (Å²) in [7, 11) is 0. The lowest BCUT2D eigenvalue weighted by molar-refractivity contribution is -0.274. The lowest BCUT2D eigenvalue weighted by atomic mass is 10.1. The van der Waals surface area contributed by atoms with Crippen molar-refractivity contribution in [3.8, 4) is 5.69 Å². The molecule has 5 atom stereocenters. The van der Waals surface area contributed by atoms with Crippen molar-refractivity contribution in [2.45, 2.75) is 57.7 Å². The molecule has 1 saturated heterocycles. The van der Waals surface area contributed by atoms with E-state index in [1.807, 2.05) is 30.3 Å². The molecule has 0 saturated carbocycles. The Morgan fingerprint density at radius 1 is 1.24 bits per heavy atom. The van der Waals surface area contributed by atoms with Crippen molar-refractivity contribution in [3.05, 3.63) is 75.8 Å². The first kappa shape index (κ1) is 27.5. The van der Waals surface area contributed by atoms with Crippen LogP contribution in [0, 0.1) is 13.8 Å². The molecule has 3 aromatic rings. The molecule has 2 aromatic carbocycles. The summed E-state index contributed by atoms with van der Waals surface area (Å²) in [4.78, 5) is 4.31. The molecule has 0 amide bonds. The van der Waals surface area contributed by atoms with E-state index in [0.29, 0.717) is 0 Å². The molecular weight excluding hydrogens is 513 g/mol. The second-order valence-electron chi connectivity index (χ2n) is 8.86. The van der Waals surface area contributed by atoms with E-state index < -0.39 is 42.4 Å². The predicted octanol–water partition coefficient (Wildman–Crippen LogP) is 4.44. The van der Waals surface area contributed by atoms with E-state index in [9.17, 15) is 18.3 Å². The Hall–Kier alpha value is -2.54. The number of aliphatic hydroxyl groups excluding tert-OH is 1. The number of nitrogens with zero attached hydrogens (tertiary/aromatic N) is 3. The van der Waals surface area contributed by atoms with Gasteiger partial charge in [-0.3, -0.25) is 0 Å². The number of alkyl halides is 3. The molecule has 1 aliphatic heterocycles. The van der Waals surface area contributed by atoms with Crippen LogP contribution in [0.4, 0.5) is 13.2 Å². The van der Waals surface area contributed by atoms with Gasteiger partial charge in [0.15, 0.2) is 12.1 Å². The summed E-state index contributed by atoms with van der Waals surface area (Å²) >= 11 is 6.13. The molecule has 200 valence electrons. The van der Waals surface area contributed by atoms with Crippen LogP contribution in [0.15, 0.2) is 42.5 Å². The topological polar surface area (TPSA) is 105 Å². The fraction of sp³-hybridized carbons (Fsp3) is 0.440. The first-order valence-electron chi connectivity index (χ1n) is 11.7. The van der Waals surface area contributed by atoms with Crippen LogP contribution < -0.4 is 5.73 Å². The molecule has 4 unspecified atom stereocenters. The van der Waals surface area contributed by atoms with Crippen molar-refractivity contribution in [2.75, 3.05) is 13.2 Å². The molecule has 2 heterocycles. The molecule has 37 heavy (non-hydrogen) atoms. The monoisotopic (exact) mass is 540 g/mol. The van der Waals surface area contributed by atoms with Crippen LogP contribution in [0.1, 0.15) is 47.7 Å². The minimum Gasteiger partial charge on any atom is -0.389 e. The van der Waals surface area contributed by atoms with Crippen molar-refractivity contribution < 1.29 is 32.5 Å². The molecule has 0 radical (unpaired) electrons. The molecule has 0 aliphatic carbocycles. The largest absolute Gasteiger partial charge is 0.418 e. The number of aryl methyl sites for hydroxylation is 2. The lowest BCUT2D eigenvalue weighted by Crippen LogP contribution is -2.44. The summed E-state index contributed by atoms with van der Waals surface area (Å²) in [5, 5.41) is 15.1. The van der Waals surface area contributed by atoms with Crippen LogP contribution in [0.2, 0.25) is 5.02 Å². The van der Waals surface area contributed by atoms with Crippen LogP contribution in [-0.2, 0) is 20.4 Å². The van der Waals surface area contributed by atoms with Gasteiger partial charge in [0.1, 0.15) is 18.0 Å². The zero-order chi connectivity index (χ0) is 26.9. The van der Waals surface area contributed by atoms with Gasteiger partial charge in [-0.1, -0.05) is 41.9 Å². The van der Waals surface area contributed by atoms with Gasteiger partial charge in [-0.25, -0.2) is 9.67 Å². The maximum atomic E-state index is 14.1. The highest BCUT2D eigenvalue weighted by atomic mass is 35.5. The summed E-state index contributed by atoms with van der Waals surface area (Å²) in [6, 6.07) is 11.7. The Labute approximate surface area is 217 Å². The standard InChI is InChI=1S/C25H28ClF3N4O4/c1-13-9-17(26)10-18(21(13)25(27,28)29)33-23(31-15(3)32-33)22(19(34)11-30)37-20-12-35-24(36-14(20)2)16-7-5-4-6-8-16/h4-10,14,19-20,22,24,34H,11-12,30H2,1-3H3/t14?,19-,20?,22?,24?/m0/s1. The first-order chi connectivity index (χ1) is 17.5. The number of ether oxygens (including phenoxy) is 3. The average molecular weight is 541 g/mol. The van der Waals surface area contributed by atoms with Crippen molar-refractivity contribution >= 4 is 11.6 Å². The summed E-state index contributed by atoms with van der Waals surface area (Å²) < 4.78 is 61.2. The normalized spacial score (nSPS) is 22.1. The van der Waals surface area contributed by atoms with Gasteiger partial charge in [0.05, 0.1) is 30.1 Å². The minimum absolute atomic E-state index is 0.0556. The Bertz CT molecular complexity index is 1220. The highest BCUT2D eigenvalue weighted by molar-refractivity contribution is 6.30. The summed E-state index contributed by atoms with van der Waals surface area (Å²) in [5.41, 5.74) is 5.23. The molecule has 12 heteroatoms. The molecule has 4 rings (SSSR count). The summed E-state index contributed by atoms with van der Waals surface area (Å²) in [5.74, 6) is 0.118. The molecule has 1 aromatic heterocycles. The first-order valence-corrected chi connectivity index (χ1v) is 12.0. The van der Waals surface area contributed by atoms with E-state index in [4.69, 9.17) is 31.5 Å². The number of rotatable bonds is 7. The number of hydrogen-bond donors (Lipinski definition) is 2. The van der Waals surface area contributed by atoms with Crippen molar-refractivity contribution in [3.63, 3.8) is 0 Å². The fourth-order valence-electron chi connectivity index (χ4n) is 4.26. The molecule has 8 nitrogen and oxygen atoms in total. The number of hydrogen-bond acceptors (Lipinski definition) is 7. The summed E-state index contributed by atoms with van der Waals surface area (Å²) in [6.07, 6.45) is -9.02. The number of nitrogens with two attached hydrogens (primary N) is 1. The third-order valence-corrected chi connectivity index (χ3v) is 6.26. The maximum absolute atomic E-state index is 14.1. The quantitative estimate of drug-likeness (QED) is 0.456. The third-order valence-electron chi connectivity index (χ3n) is 6.04. The Morgan fingerprint density at radius 3 is 2.57 bits per heavy atom. The van der Waals surface area contributed by atoms with E-state index in [1.54, 1.807) is 6.92 Å². The van der Waals surface area contributed by atoms with Gasteiger partial charge in [0.25, 0.3) is 0 Å². The molecular formula is C25H28ClF3N4O4. The van der Waals surface area contributed by atoms with E-state index in [-0.39, 0.29) is 41.1 Å². The minimum atomic E-state index is -4.70. The van der Waals surface area contributed by atoms with Gasteiger partial charge in [-0.15, -0.1) is 0 Å². The van der Waals surface area contributed by atoms with Crippen LogP contribution in [-0.4, -0.2) is 51.3 Å². The number of aromatic nitrogens is 3. The Balaban J connectivity index is 1.69. The molecule has 1 fully saturated rings. The highest BCUT2D eigenvalue weighted by Gasteiger charge is 2.40. The number of benzene rings is 2. The van der Waals surface area contributed by atoms with Gasteiger partial charge in [0, 0.05) is 17.1 Å². The van der Waals surface area contributed by atoms with E-state index in [2.05, 4.69) is 10.1 Å². The molecule has 0 bridgehead atoms. The lowest BCUT2D eigenvalue weighted by Gasteiger charge is -2.37. The average Bonchev–Trinajstić information content (AvgIpc) is 3.23. The van der Waals surface area contributed by atoms with Crippen LogP contribution in [0.5, 0.6) is 0 Å². The summed E-state index contributed by atoms with van der Waals surface area (Å²) in [6.45, 7) is 4.48. The van der Waals surface area contributed by atoms with Crippen LogP contribution >= 0.6 is 11.6 Å². The maximum Gasteiger partial charge on any atom is 0.418 e. The van der Waals surface area contributed by atoms with Crippen molar-refractivity contribution in [2.24, 2.45) is 5.73 Å². The molecule has 1 aliphatic rings. The predicted molar refractivity (Wildman–Crippen MR) is 129 cm³/mol. The van der Waals surface area contributed by atoms with E-state index in [1.165, 1.54) is 19.9 Å². The van der Waals surface area contributed by atoms with Crippen molar-refractivity contribution in [1.82, 2.24) is 14.8 Å². The third kappa shape index (κ3) is 5.97. The SMILES string of the molecule is Cc1nc(C(OC2COC(c3ccccc3)OC2C)[C@@H](O)CN)n(-c2cc(Cl)cc(C)c2C(F)(F)F)n1.